The highest BCUT2D eigenvalue weighted by molar-refractivity contribution is 4.88. The molecule has 124 valence electrons. The minimum atomic E-state index is 1.14. The molecule has 0 aliphatic rings. The van der Waals surface area contributed by atoms with E-state index in [1.165, 1.54) is 95.6 Å². The van der Waals surface area contributed by atoms with E-state index in [1.807, 2.05) is 13.1 Å². The molecule has 21 heavy (non-hydrogen) atoms. The van der Waals surface area contributed by atoms with Crippen molar-refractivity contribution in [1.82, 2.24) is 5.32 Å². The van der Waals surface area contributed by atoms with Gasteiger partial charge in [0.25, 0.3) is 0 Å². The molecule has 1 heteroatoms. The van der Waals surface area contributed by atoms with Crippen molar-refractivity contribution in [2.45, 2.75) is 96.3 Å². The quantitative estimate of drug-likeness (QED) is 0.231. The first-order chi connectivity index (χ1) is 10.3. The highest BCUT2D eigenvalue weighted by Gasteiger charge is 1.95. The summed E-state index contributed by atoms with van der Waals surface area (Å²) in [6.07, 6.45) is 22.7. The summed E-state index contributed by atoms with van der Waals surface area (Å²) in [6.45, 7) is 7.73. The van der Waals surface area contributed by atoms with Gasteiger partial charge in [0.2, 0.25) is 0 Å². The predicted octanol–water partition coefficient (Wildman–Crippen LogP) is 6.76. The molecule has 0 radical (unpaired) electrons. The summed E-state index contributed by atoms with van der Waals surface area (Å²) in [4.78, 5) is 0. The first-order valence-corrected chi connectivity index (χ1v) is 9.27. The molecule has 0 aliphatic heterocycles. The van der Waals surface area contributed by atoms with E-state index >= 15 is 0 Å². The highest BCUT2D eigenvalue weighted by atomic mass is 14.8. The summed E-state index contributed by atoms with van der Waals surface area (Å²) in [5.74, 6) is 0. The molecule has 0 unspecified atom stereocenters. The van der Waals surface area contributed by atoms with Gasteiger partial charge in [-0.25, -0.2) is 0 Å². The third-order valence-corrected chi connectivity index (χ3v) is 4.24. The largest absolute Gasteiger partial charge is 0.392 e. The lowest BCUT2D eigenvalue weighted by Gasteiger charge is -2.05. The number of rotatable bonds is 17. The molecule has 0 bridgehead atoms. The first kappa shape index (κ1) is 20.3. The molecule has 0 saturated carbocycles. The van der Waals surface area contributed by atoms with E-state index in [0.29, 0.717) is 0 Å². The van der Waals surface area contributed by atoms with Crippen molar-refractivity contribution < 1.29 is 0 Å². The molecular formula is C20H39N. The van der Waals surface area contributed by atoms with Crippen LogP contribution < -0.4 is 5.32 Å². The van der Waals surface area contributed by atoms with Gasteiger partial charge in [0.05, 0.1) is 0 Å². The van der Waals surface area contributed by atoms with Gasteiger partial charge >= 0.3 is 0 Å². The van der Waals surface area contributed by atoms with Gasteiger partial charge in [0.1, 0.15) is 0 Å². The summed E-state index contributed by atoms with van der Waals surface area (Å²) in [5, 5.41) is 3.12. The van der Waals surface area contributed by atoms with Crippen LogP contribution in [0.4, 0.5) is 0 Å². The molecule has 0 spiro atoms. The standard InChI is InChI=1S/C20H39N/c1-4-5-6-7-8-9-10-11-12-13-14-15-16-17-18-19-20(2)21-3/h4,21H,1-2,5-19H2,3H3. The molecule has 1 nitrogen and oxygen atoms in total. The third-order valence-electron chi connectivity index (χ3n) is 4.24. The molecule has 0 amide bonds. The summed E-state index contributed by atoms with van der Waals surface area (Å²) in [5.41, 5.74) is 1.18. The molecule has 0 aromatic heterocycles. The van der Waals surface area contributed by atoms with Crippen molar-refractivity contribution in [2.24, 2.45) is 0 Å². The van der Waals surface area contributed by atoms with E-state index in [1.54, 1.807) is 0 Å². The van der Waals surface area contributed by atoms with Crippen LogP contribution in [0, 0.1) is 0 Å². The molecule has 0 heterocycles. The fourth-order valence-corrected chi connectivity index (χ4v) is 2.70. The lowest BCUT2D eigenvalue weighted by atomic mass is 10.0. The number of allylic oxidation sites excluding steroid dienone is 2. The maximum absolute atomic E-state index is 3.96. The Hall–Kier alpha value is -0.720. The number of hydrogen-bond donors (Lipinski definition) is 1. The SMILES string of the molecule is C=CCCCCCCCCCCCCCCCC(=C)NC. The second-order valence-corrected chi connectivity index (χ2v) is 6.28. The lowest BCUT2D eigenvalue weighted by molar-refractivity contribution is 0.536. The van der Waals surface area contributed by atoms with Gasteiger partial charge in [0.15, 0.2) is 0 Å². The van der Waals surface area contributed by atoms with Crippen LogP contribution in [0.3, 0.4) is 0 Å². The van der Waals surface area contributed by atoms with Crippen molar-refractivity contribution in [3.05, 3.63) is 24.9 Å². The van der Waals surface area contributed by atoms with Crippen molar-refractivity contribution in [1.29, 1.82) is 0 Å². The molecule has 0 fully saturated rings. The third kappa shape index (κ3) is 17.2. The highest BCUT2D eigenvalue weighted by Crippen LogP contribution is 2.13. The Kier molecular flexibility index (Phi) is 16.7. The first-order valence-electron chi connectivity index (χ1n) is 9.27. The maximum Gasteiger partial charge on any atom is 0.00310 e. The van der Waals surface area contributed by atoms with Gasteiger partial charge in [-0.05, 0) is 25.7 Å². The van der Waals surface area contributed by atoms with Crippen LogP contribution in [-0.4, -0.2) is 7.05 Å². The van der Waals surface area contributed by atoms with E-state index in [4.69, 9.17) is 0 Å². The summed E-state index contributed by atoms with van der Waals surface area (Å²) in [7, 11) is 1.96. The summed E-state index contributed by atoms with van der Waals surface area (Å²) >= 11 is 0. The van der Waals surface area contributed by atoms with Crippen molar-refractivity contribution in [2.75, 3.05) is 7.05 Å². The fraction of sp³-hybridized carbons (Fsp3) is 0.800. The van der Waals surface area contributed by atoms with Gasteiger partial charge < -0.3 is 5.32 Å². The van der Waals surface area contributed by atoms with Crippen LogP contribution in [-0.2, 0) is 0 Å². The topological polar surface area (TPSA) is 12.0 Å². The second-order valence-electron chi connectivity index (χ2n) is 6.28. The zero-order chi connectivity index (χ0) is 15.6. The van der Waals surface area contributed by atoms with E-state index in [0.717, 1.165) is 6.42 Å². The number of unbranched alkanes of at least 4 members (excludes halogenated alkanes) is 13. The van der Waals surface area contributed by atoms with Crippen LogP contribution in [0.2, 0.25) is 0 Å². The Labute approximate surface area is 134 Å². The molecule has 0 aromatic rings. The Morgan fingerprint density at radius 1 is 0.714 bits per heavy atom. The van der Waals surface area contributed by atoms with Gasteiger partial charge in [-0.2, -0.15) is 0 Å². The molecule has 0 rings (SSSR count). The van der Waals surface area contributed by atoms with Crippen LogP contribution in [0.15, 0.2) is 24.9 Å². The summed E-state index contributed by atoms with van der Waals surface area (Å²) < 4.78 is 0. The Balaban J connectivity index is 2.99. The van der Waals surface area contributed by atoms with Crippen LogP contribution in [0.5, 0.6) is 0 Å². The number of hydrogen-bond acceptors (Lipinski definition) is 1. The Morgan fingerprint density at radius 3 is 1.48 bits per heavy atom. The van der Waals surface area contributed by atoms with Gasteiger partial charge in [-0.3, -0.25) is 0 Å². The minimum Gasteiger partial charge on any atom is -0.392 e. The summed E-state index contributed by atoms with van der Waals surface area (Å²) in [6, 6.07) is 0. The smallest absolute Gasteiger partial charge is 0.00310 e. The van der Waals surface area contributed by atoms with Gasteiger partial charge in [-0.15, -0.1) is 6.58 Å². The molecule has 0 saturated heterocycles. The van der Waals surface area contributed by atoms with E-state index in [9.17, 15) is 0 Å². The maximum atomic E-state index is 3.96. The number of nitrogens with one attached hydrogen (secondary N) is 1. The molecule has 0 aliphatic carbocycles. The van der Waals surface area contributed by atoms with Gasteiger partial charge in [-0.1, -0.05) is 83.3 Å². The minimum absolute atomic E-state index is 1.14. The monoisotopic (exact) mass is 293 g/mol. The molecule has 1 N–H and O–H groups in total. The van der Waals surface area contributed by atoms with E-state index < -0.39 is 0 Å². The van der Waals surface area contributed by atoms with E-state index in [-0.39, 0.29) is 0 Å². The van der Waals surface area contributed by atoms with Crippen LogP contribution >= 0.6 is 0 Å². The lowest BCUT2D eigenvalue weighted by Crippen LogP contribution is -2.03. The van der Waals surface area contributed by atoms with Crippen LogP contribution in [0.25, 0.3) is 0 Å². The zero-order valence-electron chi connectivity index (χ0n) is 14.6. The molecule has 0 atom stereocenters. The Bertz CT molecular complexity index is 232. The van der Waals surface area contributed by atoms with Gasteiger partial charge in [0, 0.05) is 12.7 Å². The zero-order valence-corrected chi connectivity index (χ0v) is 14.6. The predicted molar refractivity (Wildman–Crippen MR) is 97.7 cm³/mol. The van der Waals surface area contributed by atoms with Crippen molar-refractivity contribution >= 4 is 0 Å². The average molecular weight is 294 g/mol. The van der Waals surface area contributed by atoms with E-state index in [2.05, 4.69) is 18.5 Å². The fourth-order valence-electron chi connectivity index (χ4n) is 2.70. The second kappa shape index (κ2) is 17.3. The normalized spacial score (nSPS) is 10.5. The van der Waals surface area contributed by atoms with Crippen molar-refractivity contribution in [3.8, 4) is 0 Å². The van der Waals surface area contributed by atoms with Crippen molar-refractivity contribution in [3.63, 3.8) is 0 Å². The molecular weight excluding hydrogens is 254 g/mol. The molecule has 0 aromatic carbocycles. The van der Waals surface area contributed by atoms with Crippen LogP contribution in [0.1, 0.15) is 96.3 Å². The Morgan fingerprint density at radius 2 is 1.10 bits per heavy atom. The average Bonchev–Trinajstić information content (AvgIpc) is 2.50.